The molecule has 0 aliphatic rings. The summed E-state index contributed by atoms with van der Waals surface area (Å²) in [6.45, 7) is 1.90. The molecule has 17 heavy (non-hydrogen) atoms. The zero-order valence-electron chi connectivity index (χ0n) is 10.3. The fourth-order valence-electron chi connectivity index (χ4n) is 1.60. The summed E-state index contributed by atoms with van der Waals surface area (Å²) in [6, 6.07) is 1.94. The molecule has 1 aromatic heterocycles. The van der Waals surface area contributed by atoms with Gasteiger partial charge in [0.1, 0.15) is 0 Å². The third-order valence-electron chi connectivity index (χ3n) is 2.58. The Morgan fingerprint density at radius 3 is 2.88 bits per heavy atom. The lowest BCUT2D eigenvalue weighted by Gasteiger charge is -2.19. The highest BCUT2D eigenvalue weighted by Crippen LogP contribution is 2.00. The molecule has 0 aliphatic heterocycles. The number of carbonyl (C=O) groups is 1. The average Bonchev–Trinajstić information content (AvgIpc) is 2.67. The Morgan fingerprint density at radius 1 is 1.59 bits per heavy atom. The number of rotatable bonds is 8. The molecule has 0 unspecified atom stereocenters. The molecule has 6 nitrogen and oxygen atoms in total. The predicted molar refractivity (Wildman–Crippen MR) is 62.9 cm³/mol. The van der Waals surface area contributed by atoms with Crippen molar-refractivity contribution in [1.82, 2.24) is 14.7 Å². The highest BCUT2D eigenvalue weighted by Gasteiger charge is 2.10. The molecule has 6 heteroatoms. The van der Waals surface area contributed by atoms with Crippen LogP contribution in [0.25, 0.3) is 0 Å². The van der Waals surface area contributed by atoms with E-state index in [1.165, 1.54) is 0 Å². The molecule has 0 aliphatic carbocycles. The van der Waals surface area contributed by atoms with E-state index < -0.39 is 5.97 Å². The molecular weight excluding hydrogens is 222 g/mol. The number of aliphatic carboxylic acids is 1. The first-order chi connectivity index (χ1) is 8.13. The van der Waals surface area contributed by atoms with Gasteiger partial charge in [0, 0.05) is 45.6 Å². The molecule has 0 amide bonds. The number of carboxylic acid groups (broad SMARTS) is 1. The Labute approximate surface area is 101 Å². The maximum absolute atomic E-state index is 10.7. The van der Waals surface area contributed by atoms with Gasteiger partial charge in [0.15, 0.2) is 0 Å². The van der Waals surface area contributed by atoms with E-state index in [-0.39, 0.29) is 6.54 Å². The fourth-order valence-corrected chi connectivity index (χ4v) is 1.60. The van der Waals surface area contributed by atoms with E-state index in [1.54, 1.807) is 18.0 Å². The van der Waals surface area contributed by atoms with Crippen LogP contribution in [-0.2, 0) is 23.0 Å². The molecule has 1 rings (SSSR count). The molecule has 0 bridgehead atoms. The maximum atomic E-state index is 10.7. The lowest BCUT2D eigenvalue weighted by molar-refractivity contribution is -0.138. The van der Waals surface area contributed by atoms with Crippen molar-refractivity contribution in [2.75, 3.05) is 33.4 Å². The Bertz CT molecular complexity index is 351. The van der Waals surface area contributed by atoms with Crippen molar-refractivity contribution in [2.45, 2.75) is 6.42 Å². The van der Waals surface area contributed by atoms with Gasteiger partial charge in [-0.2, -0.15) is 5.10 Å². The van der Waals surface area contributed by atoms with Crippen LogP contribution in [0.15, 0.2) is 12.3 Å². The van der Waals surface area contributed by atoms with Crippen LogP contribution in [0.4, 0.5) is 0 Å². The Hall–Kier alpha value is -1.40. The summed E-state index contributed by atoms with van der Waals surface area (Å²) in [5.74, 6) is -0.814. The second-order valence-electron chi connectivity index (χ2n) is 3.86. The molecule has 0 atom stereocenters. The normalized spacial score (nSPS) is 11.0. The average molecular weight is 241 g/mol. The first kappa shape index (κ1) is 13.7. The quantitative estimate of drug-likeness (QED) is 0.693. The monoisotopic (exact) mass is 241 g/mol. The summed E-state index contributed by atoms with van der Waals surface area (Å²) in [7, 11) is 3.49. The fraction of sp³-hybridized carbons (Fsp3) is 0.636. The van der Waals surface area contributed by atoms with Crippen LogP contribution in [0.3, 0.4) is 0 Å². The topological polar surface area (TPSA) is 67.6 Å². The molecule has 1 N–H and O–H groups in total. The largest absolute Gasteiger partial charge is 0.480 e. The van der Waals surface area contributed by atoms with Gasteiger partial charge in [-0.15, -0.1) is 0 Å². The van der Waals surface area contributed by atoms with Gasteiger partial charge < -0.3 is 9.84 Å². The van der Waals surface area contributed by atoms with Gasteiger partial charge in [0.05, 0.1) is 13.2 Å². The Kier molecular flexibility index (Phi) is 5.65. The van der Waals surface area contributed by atoms with Crippen molar-refractivity contribution in [1.29, 1.82) is 0 Å². The zero-order chi connectivity index (χ0) is 12.7. The molecule has 0 saturated heterocycles. The lowest BCUT2D eigenvalue weighted by atomic mass is 10.3. The van der Waals surface area contributed by atoms with Gasteiger partial charge in [0.2, 0.25) is 0 Å². The van der Waals surface area contributed by atoms with E-state index in [0.717, 1.165) is 12.1 Å². The standard InChI is InChI=1S/C11H19N3O3/c1-13-10(3-5-12-13)4-6-14(7-8-17-2)9-11(15)16/h3,5H,4,6-9H2,1-2H3,(H,15,16). The Balaban J connectivity index is 2.42. The molecule has 0 spiro atoms. The highest BCUT2D eigenvalue weighted by atomic mass is 16.5. The number of aromatic nitrogens is 2. The first-order valence-corrected chi connectivity index (χ1v) is 5.53. The second kappa shape index (κ2) is 7.03. The van der Waals surface area contributed by atoms with Crippen LogP contribution in [-0.4, -0.2) is 59.1 Å². The first-order valence-electron chi connectivity index (χ1n) is 5.53. The second-order valence-corrected chi connectivity index (χ2v) is 3.86. The third kappa shape index (κ3) is 4.97. The summed E-state index contributed by atoms with van der Waals surface area (Å²) >= 11 is 0. The van der Waals surface area contributed by atoms with Gasteiger partial charge in [-0.25, -0.2) is 0 Å². The molecule has 1 aromatic rings. The van der Waals surface area contributed by atoms with Crippen LogP contribution in [0, 0.1) is 0 Å². The van der Waals surface area contributed by atoms with Crippen molar-refractivity contribution in [2.24, 2.45) is 7.05 Å². The molecular formula is C11H19N3O3. The van der Waals surface area contributed by atoms with Crippen molar-refractivity contribution in [3.05, 3.63) is 18.0 Å². The van der Waals surface area contributed by atoms with E-state index in [1.807, 2.05) is 18.0 Å². The summed E-state index contributed by atoms with van der Waals surface area (Å²) < 4.78 is 6.76. The molecule has 0 fully saturated rings. The van der Waals surface area contributed by atoms with Gasteiger partial charge in [-0.1, -0.05) is 0 Å². The predicted octanol–water partition coefficient (Wildman–Crippen LogP) is -0.00440. The van der Waals surface area contributed by atoms with E-state index in [9.17, 15) is 4.79 Å². The summed E-state index contributed by atoms with van der Waals surface area (Å²) in [5, 5.41) is 12.9. The van der Waals surface area contributed by atoms with Crippen LogP contribution in [0.5, 0.6) is 0 Å². The van der Waals surface area contributed by atoms with Crippen LogP contribution >= 0.6 is 0 Å². The van der Waals surface area contributed by atoms with Crippen molar-refractivity contribution >= 4 is 5.97 Å². The van der Waals surface area contributed by atoms with Gasteiger partial charge in [0.25, 0.3) is 0 Å². The van der Waals surface area contributed by atoms with Gasteiger partial charge in [-0.05, 0) is 6.07 Å². The van der Waals surface area contributed by atoms with Crippen molar-refractivity contribution in [3.63, 3.8) is 0 Å². The number of ether oxygens (including phenoxy) is 1. The van der Waals surface area contributed by atoms with Crippen molar-refractivity contribution in [3.8, 4) is 0 Å². The highest BCUT2D eigenvalue weighted by molar-refractivity contribution is 5.69. The van der Waals surface area contributed by atoms with Gasteiger partial charge >= 0.3 is 5.97 Å². The number of methoxy groups -OCH3 is 1. The SMILES string of the molecule is COCCN(CCc1ccnn1C)CC(=O)O. The van der Waals surface area contributed by atoms with Crippen LogP contribution in [0.2, 0.25) is 0 Å². The van der Waals surface area contributed by atoms with E-state index in [0.29, 0.717) is 19.7 Å². The summed E-state index contributed by atoms with van der Waals surface area (Å²) in [4.78, 5) is 12.6. The molecule has 0 radical (unpaired) electrons. The minimum Gasteiger partial charge on any atom is -0.480 e. The van der Waals surface area contributed by atoms with E-state index in [2.05, 4.69) is 5.10 Å². The number of nitrogens with zero attached hydrogens (tertiary/aromatic N) is 3. The molecule has 96 valence electrons. The number of aryl methyl sites for hydroxylation is 1. The number of hydrogen-bond donors (Lipinski definition) is 1. The van der Waals surface area contributed by atoms with E-state index >= 15 is 0 Å². The van der Waals surface area contributed by atoms with E-state index in [4.69, 9.17) is 9.84 Å². The Morgan fingerprint density at radius 2 is 2.35 bits per heavy atom. The molecule has 1 heterocycles. The van der Waals surface area contributed by atoms with Gasteiger partial charge in [-0.3, -0.25) is 14.4 Å². The number of hydrogen-bond acceptors (Lipinski definition) is 4. The maximum Gasteiger partial charge on any atom is 0.317 e. The van der Waals surface area contributed by atoms with Crippen LogP contribution in [0.1, 0.15) is 5.69 Å². The molecule has 0 saturated carbocycles. The number of carboxylic acids is 1. The minimum absolute atomic E-state index is 0.0429. The van der Waals surface area contributed by atoms with Crippen LogP contribution < -0.4 is 0 Å². The summed E-state index contributed by atoms with van der Waals surface area (Å²) in [6.07, 6.45) is 2.53. The zero-order valence-corrected chi connectivity index (χ0v) is 10.3. The lowest BCUT2D eigenvalue weighted by Crippen LogP contribution is -2.34. The third-order valence-corrected chi connectivity index (χ3v) is 2.58. The van der Waals surface area contributed by atoms with Crippen molar-refractivity contribution < 1.29 is 14.6 Å². The summed E-state index contributed by atoms with van der Waals surface area (Å²) in [5.41, 5.74) is 1.10. The minimum atomic E-state index is -0.814. The molecule has 0 aromatic carbocycles. The smallest absolute Gasteiger partial charge is 0.317 e.